The van der Waals surface area contributed by atoms with E-state index in [2.05, 4.69) is 13.2 Å². The summed E-state index contributed by atoms with van der Waals surface area (Å²) in [5, 5.41) is 0. The van der Waals surface area contributed by atoms with Gasteiger partial charge in [-0.25, -0.2) is 16.8 Å². The van der Waals surface area contributed by atoms with E-state index in [9.17, 15) is 16.8 Å². The summed E-state index contributed by atoms with van der Waals surface area (Å²) in [6, 6.07) is 17.9. The molecule has 30 heavy (non-hydrogen) atoms. The molecule has 6 nitrogen and oxygen atoms in total. The van der Waals surface area contributed by atoms with Gasteiger partial charge in [-0.2, -0.15) is 8.61 Å². The Morgan fingerprint density at radius 2 is 0.900 bits per heavy atom. The zero-order valence-electron chi connectivity index (χ0n) is 16.8. The molecule has 0 unspecified atom stereocenters. The molecule has 160 valence electrons. The summed E-state index contributed by atoms with van der Waals surface area (Å²) in [5.74, 6) is -0.241. The average molecular weight is 447 g/mol. The molecule has 0 spiro atoms. The van der Waals surface area contributed by atoms with Gasteiger partial charge in [0.15, 0.2) is 0 Å². The maximum absolute atomic E-state index is 12.9. The fraction of sp³-hybridized carbons (Fsp3) is 0.273. The van der Waals surface area contributed by atoms with Crippen LogP contribution in [0, 0.1) is 0 Å². The summed E-state index contributed by atoms with van der Waals surface area (Å²) in [6.45, 7) is 8.13. The zero-order valence-corrected chi connectivity index (χ0v) is 18.4. The lowest BCUT2D eigenvalue weighted by atomic mass is 10.2. The Bertz CT molecular complexity index is 1000. The highest BCUT2D eigenvalue weighted by Gasteiger charge is 2.30. The van der Waals surface area contributed by atoms with Gasteiger partial charge in [-0.15, -0.1) is 0 Å². The van der Waals surface area contributed by atoms with Crippen LogP contribution in [0.15, 0.2) is 85.0 Å². The Kier molecular flexibility index (Phi) is 6.92. The van der Waals surface area contributed by atoms with E-state index in [1.54, 1.807) is 48.5 Å². The van der Waals surface area contributed by atoms with Crippen molar-refractivity contribution in [3.05, 3.63) is 96.1 Å². The molecule has 1 aliphatic heterocycles. The summed E-state index contributed by atoms with van der Waals surface area (Å²) in [6.07, 6.45) is 0. The number of hydrogen-bond acceptors (Lipinski definition) is 4. The minimum absolute atomic E-state index is 0.0611. The summed E-state index contributed by atoms with van der Waals surface area (Å²) in [4.78, 5) is 0. The molecule has 0 atom stereocenters. The van der Waals surface area contributed by atoms with Crippen molar-refractivity contribution < 1.29 is 16.8 Å². The Balaban J connectivity index is 1.74. The maximum Gasteiger partial charge on any atom is 0.218 e. The van der Waals surface area contributed by atoms with Crippen molar-refractivity contribution in [2.75, 3.05) is 26.2 Å². The lowest BCUT2D eigenvalue weighted by Crippen LogP contribution is -2.44. The molecule has 0 aliphatic carbocycles. The predicted octanol–water partition coefficient (Wildman–Crippen LogP) is 2.78. The fourth-order valence-corrected chi connectivity index (χ4v) is 6.46. The molecule has 3 rings (SSSR count). The summed E-state index contributed by atoms with van der Waals surface area (Å²) in [5.41, 5.74) is 2.44. The van der Waals surface area contributed by atoms with Crippen molar-refractivity contribution in [3.8, 4) is 0 Å². The number of sulfonamides is 2. The van der Waals surface area contributed by atoms with Gasteiger partial charge in [0.1, 0.15) is 0 Å². The van der Waals surface area contributed by atoms with Gasteiger partial charge in [-0.1, -0.05) is 73.8 Å². The van der Waals surface area contributed by atoms with Gasteiger partial charge in [0.25, 0.3) is 0 Å². The van der Waals surface area contributed by atoms with Gasteiger partial charge < -0.3 is 0 Å². The van der Waals surface area contributed by atoms with E-state index in [0.717, 1.165) is 0 Å². The van der Waals surface area contributed by atoms with Gasteiger partial charge in [0.2, 0.25) is 20.0 Å². The quantitative estimate of drug-likeness (QED) is 0.640. The minimum Gasteiger partial charge on any atom is -0.212 e. The number of hydrogen-bond donors (Lipinski definition) is 0. The third-order valence-electron chi connectivity index (χ3n) is 4.77. The molecule has 2 aromatic rings. The van der Waals surface area contributed by atoms with Crippen molar-refractivity contribution in [2.45, 2.75) is 11.5 Å². The van der Waals surface area contributed by atoms with Crippen molar-refractivity contribution in [3.63, 3.8) is 0 Å². The first-order valence-corrected chi connectivity index (χ1v) is 12.7. The predicted molar refractivity (Wildman–Crippen MR) is 120 cm³/mol. The molecule has 0 amide bonds. The molecule has 1 aliphatic rings. The first-order valence-electron chi connectivity index (χ1n) is 9.52. The Hall–Kier alpha value is -2.26. The number of benzene rings is 2. The number of nitrogens with zero attached hydrogens (tertiary/aromatic N) is 2. The molecular weight excluding hydrogens is 420 g/mol. The first-order chi connectivity index (χ1) is 14.2. The molecule has 0 radical (unpaired) electrons. The molecule has 1 heterocycles. The van der Waals surface area contributed by atoms with Gasteiger partial charge in [0.05, 0.1) is 11.5 Å². The lowest BCUT2D eigenvalue weighted by Gasteiger charge is -2.32. The molecule has 2 aromatic carbocycles. The summed E-state index contributed by atoms with van der Waals surface area (Å²) < 4.78 is 54.4. The highest BCUT2D eigenvalue weighted by molar-refractivity contribution is 7.88. The second-order valence-electron chi connectivity index (χ2n) is 7.52. The Morgan fingerprint density at radius 3 is 1.20 bits per heavy atom. The largest absolute Gasteiger partial charge is 0.218 e. The second kappa shape index (κ2) is 9.26. The van der Waals surface area contributed by atoms with Gasteiger partial charge in [0, 0.05) is 26.2 Å². The van der Waals surface area contributed by atoms with E-state index in [-0.39, 0.29) is 37.7 Å². The van der Waals surface area contributed by atoms with Crippen LogP contribution in [0.3, 0.4) is 0 Å². The average Bonchev–Trinajstić information content (AvgIpc) is 2.66. The zero-order chi connectivity index (χ0) is 21.8. The molecule has 1 saturated heterocycles. The summed E-state index contributed by atoms with van der Waals surface area (Å²) in [7, 11) is -7.20. The van der Waals surface area contributed by atoms with Crippen molar-refractivity contribution in [1.29, 1.82) is 0 Å². The Labute approximate surface area is 179 Å². The van der Waals surface area contributed by atoms with Crippen LogP contribution in [0.5, 0.6) is 0 Å². The Morgan fingerprint density at radius 1 is 0.600 bits per heavy atom. The molecule has 0 saturated carbocycles. The van der Waals surface area contributed by atoms with E-state index in [1.165, 1.54) is 8.61 Å². The van der Waals surface area contributed by atoms with E-state index in [4.69, 9.17) is 0 Å². The standard InChI is InChI=1S/C22H26N2O4S2/c1-19-13-23(29(25,26)17-21-9-5-3-6-10-21)15-20(2)16-24(14-19)30(27,28)18-22-11-7-4-8-12-22/h3-12H,1-2,13-18H2. The van der Waals surface area contributed by atoms with Crippen molar-refractivity contribution >= 4 is 20.0 Å². The monoisotopic (exact) mass is 446 g/mol. The highest BCUT2D eigenvalue weighted by atomic mass is 32.2. The fourth-order valence-electron chi connectivity index (χ4n) is 3.36. The molecular formula is C22H26N2O4S2. The SMILES string of the molecule is C=C1CN(S(=O)(=O)Cc2ccccc2)CC(=C)CN(S(=O)(=O)Cc2ccccc2)C1. The van der Waals surface area contributed by atoms with Crippen LogP contribution in [0.25, 0.3) is 0 Å². The van der Waals surface area contributed by atoms with E-state index >= 15 is 0 Å². The van der Waals surface area contributed by atoms with E-state index in [1.807, 2.05) is 12.1 Å². The van der Waals surface area contributed by atoms with E-state index in [0.29, 0.717) is 22.3 Å². The van der Waals surface area contributed by atoms with Crippen LogP contribution >= 0.6 is 0 Å². The van der Waals surface area contributed by atoms with Crippen molar-refractivity contribution in [1.82, 2.24) is 8.61 Å². The van der Waals surface area contributed by atoms with Crippen molar-refractivity contribution in [2.24, 2.45) is 0 Å². The van der Waals surface area contributed by atoms with Crippen LogP contribution in [0.1, 0.15) is 11.1 Å². The third-order valence-corrected chi connectivity index (χ3v) is 8.26. The lowest BCUT2D eigenvalue weighted by molar-refractivity contribution is 0.392. The maximum atomic E-state index is 12.9. The molecule has 8 heteroatoms. The van der Waals surface area contributed by atoms with Gasteiger partial charge >= 0.3 is 0 Å². The first kappa shape index (κ1) is 22.4. The van der Waals surface area contributed by atoms with E-state index < -0.39 is 20.0 Å². The van der Waals surface area contributed by atoms with Crippen LogP contribution in [-0.4, -0.2) is 51.6 Å². The highest BCUT2D eigenvalue weighted by Crippen LogP contribution is 2.21. The minimum atomic E-state index is -3.60. The van der Waals surface area contributed by atoms with Crippen LogP contribution < -0.4 is 0 Å². The molecule has 0 N–H and O–H groups in total. The van der Waals surface area contributed by atoms with Gasteiger partial charge in [-0.3, -0.25) is 0 Å². The summed E-state index contributed by atoms with van der Waals surface area (Å²) >= 11 is 0. The van der Waals surface area contributed by atoms with Crippen LogP contribution in [0.2, 0.25) is 0 Å². The third kappa shape index (κ3) is 5.89. The molecule has 1 fully saturated rings. The van der Waals surface area contributed by atoms with Crippen LogP contribution in [-0.2, 0) is 31.6 Å². The van der Waals surface area contributed by atoms with Gasteiger partial charge in [-0.05, 0) is 22.3 Å². The number of rotatable bonds is 6. The normalized spacial score (nSPS) is 17.5. The second-order valence-corrected chi connectivity index (χ2v) is 11.5. The molecule has 0 aromatic heterocycles. The topological polar surface area (TPSA) is 74.8 Å². The van der Waals surface area contributed by atoms with Crippen LogP contribution in [0.4, 0.5) is 0 Å². The smallest absolute Gasteiger partial charge is 0.212 e. The molecule has 0 bridgehead atoms.